The van der Waals surface area contributed by atoms with Gasteiger partial charge < -0.3 is 10.0 Å². The Kier molecular flexibility index (Phi) is 3.55. The second-order valence-corrected chi connectivity index (χ2v) is 4.97. The Morgan fingerprint density at radius 2 is 2.00 bits per heavy atom. The van der Waals surface area contributed by atoms with Gasteiger partial charge >= 0.3 is 5.97 Å². The first-order chi connectivity index (χ1) is 8.97. The van der Waals surface area contributed by atoms with Crippen LogP contribution in [0.5, 0.6) is 0 Å². The Labute approximate surface area is 110 Å². The van der Waals surface area contributed by atoms with Crippen molar-refractivity contribution in [2.24, 2.45) is 0 Å². The summed E-state index contributed by atoms with van der Waals surface area (Å²) in [5, 5.41) is 8.75. The third kappa shape index (κ3) is 2.32. The molecule has 1 fully saturated rings. The molecule has 2 rings (SSSR count). The fourth-order valence-corrected chi connectivity index (χ4v) is 2.62. The van der Waals surface area contributed by atoms with Crippen LogP contribution in [0.25, 0.3) is 0 Å². The Bertz CT molecular complexity index is 511. The van der Waals surface area contributed by atoms with Gasteiger partial charge in [0.15, 0.2) is 0 Å². The molecule has 19 heavy (non-hydrogen) atoms. The van der Waals surface area contributed by atoms with Gasteiger partial charge in [0, 0.05) is 12.6 Å². The summed E-state index contributed by atoms with van der Waals surface area (Å²) in [5.41, 5.74) is -0.501. The standard InChI is InChI=1S/C14H16FNO3/c1-16(9-12(17)18)13(19)14(7-4-8-14)10-5-2-3-6-11(10)15/h2-3,5-6H,4,7-9H2,1H3,(H,17,18). The normalized spacial score (nSPS) is 16.5. The second-order valence-electron chi connectivity index (χ2n) is 4.97. The molecule has 0 unspecified atom stereocenters. The predicted molar refractivity (Wildman–Crippen MR) is 67.2 cm³/mol. The summed E-state index contributed by atoms with van der Waals surface area (Å²) in [6.07, 6.45) is 1.98. The fraction of sp³-hybridized carbons (Fsp3) is 0.429. The van der Waals surface area contributed by atoms with E-state index in [1.165, 1.54) is 13.1 Å². The van der Waals surface area contributed by atoms with Gasteiger partial charge in [0.25, 0.3) is 0 Å². The van der Waals surface area contributed by atoms with Crippen LogP contribution >= 0.6 is 0 Å². The molecule has 0 heterocycles. The Balaban J connectivity index is 2.31. The van der Waals surface area contributed by atoms with E-state index in [0.29, 0.717) is 18.4 Å². The molecule has 0 spiro atoms. The lowest BCUT2D eigenvalue weighted by atomic mass is 9.63. The molecule has 1 N–H and O–H groups in total. The maximum atomic E-state index is 13.9. The van der Waals surface area contributed by atoms with Gasteiger partial charge in [0.05, 0.1) is 5.41 Å². The average Bonchev–Trinajstić information content (AvgIpc) is 2.29. The number of rotatable bonds is 4. The van der Waals surface area contributed by atoms with Gasteiger partial charge in [-0.15, -0.1) is 0 Å². The highest BCUT2D eigenvalue weighted by molar-refractivity contribution is 5.91. The van der Waals surface area contributed by atoms with Crippen molar-refractivity contribution in [1.29, 1.82) is 0 Å². The first kappa shape index (κ1) is 13.5. The van der Waals surface area contributed by atoms with Crippen molar-refractivity contribution in [3.8, 4) is 0 Å². The number of benzene rings is 1. The highest BCUT2D eigenvalue weighted by Crippen LogP contribution is 2.45. The highest BCUT2D eigenvalue weighted by Gasteiger charge is 2.48. The smallest absolute Gasteiger partial charge is 0.323 e. The summed E-state index contributed by atoms with van der Waals surface area (Å²) in [5.74, 6) is -1.79. The molecule has 0 aliphatic heterocycles. The molecule has 1 aromatic rings. The Morgan fingerprint density at radius 1 is 1.37 bits per heavy atom. The minimum atomic E-state index is -1.07. The third-order valence-electron chi connectivity index (χ3n) is 3.73. The van der Waals surface area contributed by atoms with Gasteiger partial charge in [-0.25, -0.2) is 4.39 Å². The van der Waals surface area contributed by atoms with Crippen molar-refractivity contribution in [2.75, 3.05) is 13.6 Å². The lowest BCUT2D eigenvalue weighted by Gasteiger charge is -2.42. The van der Waals surface area contributed by atoms with Crippen molar-refractivity contribution in [1.82, 2.24) is 4.90 Å². The van der Waals surface area contributed by atoms with Gasteiger partial charge in [-0.3, -0.25) is 9.59 Å². The number of carboxylic acid groups (broad SMARTS) is 1. The number of halogens is 1. The van der Waals surface area contributed by atoms with E-state index in [0.717, 1.165) is 11.3 Å². The number of likely N-dealkylation sites (N-methyl/N-ethyl adjacent to an activating group) is 1. The predicted octanol–water partition coefficient (Wildman–Crippen LogP) is 1.79. The van der Waals surface area contributed by atoms with Gasteiger partial charge in [0.2, 0.25) is 5.91 Å². The molecule has 0 atom stereocenters. The molecule has 1 saturated carbocycles. The van der Waals surface area contributed by atoms with Crippen LogP contribution in [0, 0.1) is 5.82 Å². The van der Waals surface area contributed by atoms with E-state index in [2.05, 4.69) is 0 Å². The van der Waals surface area contributed by atoms with E-state index in [1.54, 1.807) is 18.2 Å². The van der Waals surface area contributed by atoms with Crippen LogP contribution in [0.2, 0.25) is 0 Å². The summed E-state index contributed by atoms with van der Waals surface area (Å²) in [4.78, 5) is 24.3. The van der Waals surface area contributed by atoms with Gasteiger partial charge in [-0.2, -0.15) is 0 Å². The first-order valence-corrected chi connectivity index (χ1v) is 6.20. The van der Waals surface area contributed by atoms with E-state index in [9.17, 15) is 14.0 Å². The summed E-state index contributed by atoms with van der Waals surface area (Å²) in [6.45, 7) is -0.366. The van der Waals surface area contributed by atoms with Crippen LogP contribution in [0.3, 0.4) is 0 Å². The highest BCUT2D eigenvalue weighted by atomic mass is 19.1. The zero-order valence-electron chi connectivity index (χ0n) is 10.7. The molecule has 0 radical (unpaired) electrons. The topological polar surface area (TPSA) is 57.6 Å². The number of amides is 1. The van der Waals surface area contributed by atoms with Crippen molar-refractivity contribution in [2.45, 2.75) is 24.7 Å². The van der Waals surface area contributed by atoms with Crippen LogP contribution in [0.15, 0.2) is 24.3 Å². The van der Waals surface area contributed by atoms with Crippen molar-refractivity contribution < 1.29 is 19.1 Å². The molecule has 1 aliphatic carbocycles. The zero-order chi connectivity index (χ0) is 14.0. The minimum absolute atomic E-state index is 0.314. The zero-order valence-corrected chi connectivity index (χ0v) is 10.7. The molecular weight excluding hydrogens is 249 g/mol. The number of nitrogens with zero attached hydrogens (tertiary/aromatic N) is 1. The largest absolute Gasteiger partial charge is 0.480 e. The SMILES string of the molecule is CN(CC(=O)O)C(=O)C1(c2ccccc2F)CCC1. The molecule has 1 aliphatic rings. The number of carboxylic acids is 1. The van der Waals surface area contributed by atoms with E-state index in [-0.39, 0.29) is 12.5 Å². The van der Waals surface area contributed by atoms with Crippen LogP contribution in [-0.2, 0) is 15.0 Å². The Morgan fingerprint density at radius 3 is 2.47 bits per heavy atom. The lowest BCUT2D eigenvalue weighted by Crippen LogP contribution is -2.51. The average molecular weight is 265 g/mol. The number of hydrogen-bond donors (Lipinski definition) is 1. The van der Waals surface area contributed by atoms with E-state index >= 15 is 0 Å². The third-order valence-corrected chi connectivity index (χ3v) is 3.73. The fourth-order valence-electron chi connectivity index (χ4n) is 2.62. The molecular formula is C14H16FNO3. The van der Waals surface area contributed by atoms with E-state index in [4.69, 9.17) is 5.11 Å². The van der Waals surface area contributed by atoms with Crippen LogP contribution in [0.1, 0.15) is 24.8 Å². The maximum absolute atomic E-state index is 13.9. The van der Waals surface area contributed by atoms with E-state index < -0.39 is 17.2 Å². The second kappa shape index (κ2) is 4.99. The van der Waals surface area contributed by atoms with Crippen molar-refractivity contribution in [3.63, 3.8) is 0 Å². The molecule has 1 amide bonds. The molecule has 102 valence electrons. The van der Waals surface area contributed by atoms with Crippen molar-refractivity contribution >= 4 is 11.9 Å². The summed E-state index contributed by atoms with van der Waals surface area (Å²) in [6, 6.07) is 6.22. The summed E-state index contributed by atoms with van der Waals surface area (Å²) >= 11 is 0. The molecule has 0 aromatic heterocycles. The molecule has 0 saturated heterocycles. The summed E-state index contributed by atoms with van der Waals surface area (Å²) in [7, 11) is 1.44. The molecule has 0 bridgehead atoms. The quantitative estimate of drug-likeness (QED) is 0.903. The first-order valence-electron chi connectivity index (χ1n) is 6.20. The lowest BCUT2D eigenvalue weighted by molar-refractivity contribution is -0.148. The van der Waals surface area contributed by atoms with Gasteiger partial charge in [0.1, 0.15) is 12.4 Å². The molecule has 5 heteroatoms. The number of carbonyl (C=O) groups excluding carboxylic acids is 1. The van der Waals surface area contributed by atoms with Crippen LogP contribution < -0.4 is 0 Å². The van der Waals surface area contributed by atoms with Crippen molar-refractivity contribution in [3.05, 3.63) is 35.6 Å². The maximum Gasteiger partial charge on any atom is 0.323 e. The van der Waals surface area contributed by atoms with Crippen LogP contribution in [0.4, 0.5) is 4.39 Å². The Hall–Kier alpha value is -1.91. The number of carbonyl (C=O) groups is 2. The monoisotopic (exact) mass is 265 g/mol. The van der Waals surface area contributed by atoms with Gasteiger partial charge in [-0.1, -0.05) is 24.6 Å². The molecule has 1 aromatic carbocycles. The minimum Gasteiger partial charge on any atom is -0.480 e. The number of aliphatic carboxylic acids is 1. The van der Waals surface area contributed by atoms with E-state index in [1.807, 2.05) is 0 Å². The number of hydrogen-bond acceptors (Lipinski definition) is 2. The molecule has 4 nitrogen and oxygen atoms in total. The summed E-state index contributed by atoms with van der Waals surface area (Å²) < 4.78 is 13.9. The van der Waals surface area contributed by atoms with Gasteiger partial charge in [-0.05, 0) is 18.9 Å². The van der Waals surface area contributed by atoms with Crippen LogP contribution in [-0.4, -0.2) is 35.5 Å².